The summed E-state index contributed by atoms with van der Waals surface area (Å²) < 4.78 is 1.70. The van der Waals surface area contributed by atoms with E-state index >= 15 is 0 Å². The highest BCUT2D eigenvalue weighted by atomic mass is 16.2. The highest BCUT2D eigenvalue weighted by Gasteiger charge is 2.43. The Hall–Kier alpha value is -3.75. The van der Waals surface area contributed by atoms with Crippen LogP contribution in [0, 0.1) is 5.41 Å². The first-order chi connectivity index (χ1) is 16.3. The molecule has 4 amide bonds. The summed E-state index contributed by atoms with van der Waals surface area (Å²) in [6.45, 7) is 6.13. The smallest absolute Gasteiger partial charge is 0.321 e. The van der Waals surface area contributed by atoms with Gasteiger partial charge in [0.15, 0.2) is 5.65 Å². The van der Waals surface area contributed by atoms with Crippen molar-refractivity contribution in [1.82, 2.24) is 30.1 Å². The Morgan fingerprint density at radius 2 is 1.97 bits per heavy atom. The van der Waals surface area contributed by atoms with Crippen LogP contribution in [0.1, 0.15) is 65.2 Å². The maximum atomic E-state index is 12.9. The summed E-state index contributed by atoms with van der Waals surface area (Å²) in [5.41, 5.74) is 4.48. The molecule has 2 saturated heterocycles. The van der Waals surface area contributed by atoms with Crippen molar-refractivity contribution >= 4 is 23.5 Å². The van der Waals surface area contributed by atoms with Crippen molar-refractivity contribution in [3.63, 3.8) is 0 Å². The predicted octanol–water partition coefficient (Wildman–Crippen LogP) is 2.41. The summed E-state index contributed by atoms with van der Waals surface area (Å²) in [6.07, 6.45) is 4.41. The van der Waals surface area contributed by atoms with E-state index in [1.807, 2.05) is 29.2 Å². The Morgan fingerprint density at radius 3 is 2.74 bits per heavy atom. The van der Waals surface area contributed by atoms with Crippen LogP contribution in [0.5, 0.6) is 0 Å². The number of aromatic nitrogens is 3. The molecule has 6 rings (SSSR count). The molecule has 0 bridgehead atoms. The second-order valence-corrected chi connectivity index (χ2v) is 10.4. The van der Waals surface area contributed by atoms with Gasteiger partial charge in [-0.2, -0.15) is 5.10 Å². The second kappa shape index (κ2) is 7.38. The molecule has 1 aromatic carbocycles. The summed E-state index contributed by atoms with van der Waals surface area (Å²) in [5, 5.41) is 9.57. The van der Waals surface area contributed by atoms with E-state index in [4.69, 9.17) is 0 Å². The third-order valence-corrected chi connectivity index (χ3v) is 7.06. The largest absolute Gasteiger partial charge is 0.337 e. The minimum Gasteiger partial charge on any atom is -0.337 e. The molecule has 1 aliphatic carbocycles. The van der Waals surface area contributed by atoms with Gasteiger partial charge in [0.05, 0.1) is 11.6 Å². The second-order valence-electron chi connectivity index (χ2n) is 10.4. The van der Waals surface area contributed by atoms with Crippen molar-refractivity contribution in [3.05, 3.63) is 65.1 Å². The molecular weight excluding hydrogens is 432 g/mol. The van der Waals surface area contributed by atoms with Crippen molar-refractivity contribution in [3.8, 4) is 0 Å². The van der Waals surface area contributed by atoms with Crippen molar-refractivity contribution in [2.24, 2.45) is 5.41 Å². The van der Waals surface area contributed by atoms with Crippen LogP contribution in [0.2, 0.25) is 0 Å². The van der Waals surface area contributed by atoms with Gasteiger partial charge in [-0.15, -0.1) is 0 Å². The summed E-state index contributed by atoms with van der Waals surface area (Å²) >= 11 is 0. The number of nitrogens with one attached hydrogen (secondary N) is 2. The highest BCUT2D eigenvalue weighted by Crippen LogP contribution is 2.55. The van der Waals surface area contributed by atoms with Crippen molar-refractivity contribution in [2.75, 3.05) is 19.6 Å². The maximum absolute atomic E-state index is 12.9. The van der Waals surface area contributed by atoms with Gasteiger partial charge in [0.25, 0.3) is 5.91 Å². The highest BCUT2D eigenvalue weighted by molar-refractivity contribution is 6.00. The van der Waals surface area contributed by atoms with Crippen molar-refractivity contribution in [2.45, 2.75) is 38.0 Å². The Kier molecular flexibility index (Phi) is 4.52. The van der Waals surface area contributed by atoms with E-state index in [-0.39, 0.29) is 35.6 Å². The van der Waals surface area contributed by atoms with E-state index < -0.39 is 11.9 Å². The van der Waals surface area contributed by atoms with Crippen LogP contribution in [0.15, 0.2) is 42.7 Å². The molecule has 2 aliphatic heterocycles. The SMILES string of the molecule is CC1(C)CN(C(=O)c2cccc([C@H]3C[C@@H]3c3cc(C4CNC(=O)NC4=O)nn4ccnc34)c2)C1. The van der Waals surface area contributed by atoms with Crippen LogP contribution in [0.4, 0.5) is 4.79 Å². The molecule has 2 aromatic heterocycles. The lowest BCUT2D eigenvalue weighted by molar-refractivity contribution is -0.122. The van der Waals surface area contributed by atoms with Crippen LogP contribution in [-0.4, -0.2) is 57.0 Å². The van der Waals surface area contributed by atoms with Gasteiger partial charge < -0.3 is 10.2 Å². The lowest BCUT2D eigenvalue weighted by Gasteiger charge is -2.45. The number of benzene rings is 1. The monoisotopic (exact) mass is 458 g/mol. The Bertz CT molecular complexity index is 1340. The molecule has 0 radical (unpaired) electrons. The number of nitrogens with zero attached hydrogens (tertiary/aromatic N) is 4. The van der Waals surface area contributed by atoms with E-state index in [1.54, 1.807) is 16.9 Å². The fraction of sp³-hybridized carbons (Fsp3) is 0.400. The third-order valence-electron chi connectivity index (χ3n) is 7.06. The Labute approximate surface area is 196 Å². The molecule has 3 aromatic rings. The van der Waals surface area contributed by atoms with Crippen LogP contribution < -0.4 is 10.6 Å². The number of fused-ring (bicyclic) bond motifs is 1. The van der Waals surface area contributed by atoms with Crippen molar-refractivity contribution in [1.29, 1.82) is 0 Å². The summed E-state index contributed by atoms with van der Waals surface area (Å²) in [5.74, 6) is -0.320. The fourth-order valence-corrected chi connectivity index (χ4v) is 5.30. The molecular formula is C25H26N6O3. The van der Waals surface area contributed by atoms with E-state index in [2.05, 4.69) is 40.6 Å². The molecule has 34 heavy (non-hydrogen) atoms. The van der Waals surface area contributed by atoms with Gasteiger partial charge in [0.1, 0.15) is 0 Å². The number of likely N-dealkylation sites (tertiary alicyclic amines) is 1. The first kappa shape index (κ1) is 20.8. The minimum atomic E-state index is -0.554. The zero-order valence-corrected chi connectivity index (χ0v) is 19.1. The number of carbonyl (C=O) groups excluding carboxylic acids is 3. The molecule has 9 heteroatoms. The molecule has 2 N–H and O–H groups in total. The average molecular weight is 459 g/mol. The molecule has 3 atom stereocenters. The van der Waals surface area contributed by atoms with Crippen LogP contribution in [0.25, 0.3) is 5.65 Å². The number of imide groups is 1. The zero-order valence-electron chi connectivity index (χ0n) is 19.1. The van der Waals surface area contributed by atoms with E-state index in [9.17, 15) is 14.4 Å². The quantitative estimate of drug-likeness (QED) is 0.624. The van der Waals surface area contributed by atoms with Gasteiger partial charge in [-0.25, -0.2) is 14.3 Å². The first-order valence-corrected chi connectivity index (χ1v) is 11.6. The van der Waals surface area contributed by atoms with Crippen LogP contribution in [0.3, 0.4) is 0 Å². The van der Waals surface area contributed by atoms with Gasteiger partial charge >= 0.3 is 6.03 Å². The molecule has 0 spiro atoms. The number of hydrogen-bond acceptors (Lipinski definition) is 5. The van der Waals surface area contributed by atoms with Crippen LogP contribution in [-0.2, 0) is 4.79 Å². The predicted molar refractivity (Wildman–Crippen MR) is 123 cm³/mol. The average Bonchev–Trinajstić information content (AvgIpc) is 3.45. The number of amides is 4. The number of hydrogen-bond donors (Lipinski definition) is 2. The van der Waals surface area contributed by atoms with E-state index in [0.29, 0.717) is 5.69 Å². The summed E-state index contributed by atoms with van der Waals surface area (Å²) in [4.78, 5) is 43.2. The topological polar surface area (TPSA) is 109 Å². The third kappa shape index (κ3) is 3.52. The lowest BCUT2D eigenvalue weighted by Crippen LogP contribution is -2.55. The van der Waals surface area contributed by atoms with Gasteiger partial charge in [-0.05, 0) is 47.4 Å². The molecule has 3 aliphatic rings. The molecule has 9 nitrogen and oxygen atoms in total. The standard InChI is InChI=1S/C25H26N6O3/c1-25(2)12-30(13-25)23(33)15-5-3-4-14(8-15)16-9-17(16)18-10-20(29-31-7-6-26-21(18)31)19-11-27-24(34)28-22(19)32/h3-8,10,16-17,19H,9,11-13H2,1-2H3,(H2,27,28,32,34)/t16-,17+,19?/m1/s1. The summed E-state index contributed by atoms with van der Waals surface area (Å²) in [7, 11) is 0. The van der Waals surface area contributed by atoms with Crippen LogP contribution >= 0.6 is 0 Å². The lowest BCUT2D eigenvalue weighted by atomic mass is 9.84. The zero-order chi connectivity index (χ0) is 23.6. The fourth-order valence-electron chi connectivity index (χ4n) is 5.30. The number of carbonyl (C=O) groups is 3. The van der Waals surface area contributed by atoms with Crippen molar-refractivity contribution < 1.29 is 14.4 Å². The minimum absolute atomic E-state index is 0.0885. The Balaban J connectivity index is 1.27. The number of imidazole rings is 1. The van der Waals surface area contributed by atoms with Gasteiger partial charge in [-0.1, -0.05) is 26.0 Å². The molecule has 1 unspecified atom stereocenters. The molecule has 174 valence electrons. The Morgan fingerprint density at radius 1 is 1.15 bits per heavy atom. The molecule has 4 heterocycles. The van der Waals surface area contributed by atoms with Gasteiger partial charge in [0.2, 0.25) is 5.91 Å². The number of rotatable bonds is 4. The number of urea groups is 1. The maximum Gasteiger partial charge on any atom is 0.321 e. The normalized spacial score (nSPS) is 25.5. The van der Waals surface area contributed by atoms with E-state index in [0.717, 1.165) is 41.8 Å². The summed E-state index contributed by atoms with van der Waals surface area (Å²) in [6, 6.07) is 9.42. The molecule has 3 fully saturated rings. The van der Waals surface area contributed by atoms with Gasteiger partial charge in [-0.3, -0.25) is 14.9 Å². The van der Waals surface area contributed by atoms with E-state index in [1.165, 1.54) is 0 Å². The van der Waals surface area contributed by atoms with Gasteiger partial charge in [0, 0.05) is 43.2 Å². The molecule has 1 saturated carbocycles. The first-order valence-electron chi connectivity index (χ1n) is 11.6.